The zero-order valence-electron chi connectivity index (χ0n) is 14.5. The average Bonchev–Trinajstić information content (AvgIpc) is 2.56. The number of hydrogen-bond donors (Lipinski definition) is 3. The smallest absolute Gasteiger partial charge is 0.256 e. The Kier molecular flexibility index (Phi) is 6.03. The molecule has 1 aromatic heterocycles. The molecule has 148 valence electrons. The van der Waals surface area contributed by atoms with Gasteiger partial charge >= 0.3 is 0 Å². The van der Waals surface area contributed by atoms with Crippen LogP contribution in [0.5, 0.6) is 5.75 Å². The van der Waals surface area contributed by atoms with Crippen molar-refractivity contribution >= 4 is 51.7 Å². The molecule has 0 aromatic carbocycles. The fourth-order valence-electron chi connectivity index (χ4n) is 2.97. The van der Waals surface area contributed by atoms with Gasteiger partial charge in [-0.3, -0.25) is 14.4 Å². The van der Waals surface area contributed by atoms with Crippen LogP contribution in [0.2, 0.25) is 0 Å². The summed E-state index contributed by atoms with van der Waals surface area (Å²) in [7, 11) is 0. The number of carbonyl (C=O) groups excluding carboxylic acids is 3. The number of nitrogens with zero attached hydrogens (tertiary/aromatic N) is 1. The van der Waals surface area contributed by atoms with Crippen LogP contribution in [0.15, 0.2) is 12.1 Å². The van der Waals surface area contributed by atoms with Crippen molar-refractivity contribution in [3.8, 4) is 5.75 Å². The number of pyridine rings is 1. The van der Waals surface area contributed by atoms with E-state index in [0.29, 0.717) is 15.5 Å². The lowest BCUT2D eigenvalue weighted by Gasteiger charge is -2.54. The number of aromatic nitrogens is 1. The molecule has 1 aliphatic heterocycles. The SMILES string of the molecule is CC(=O)[C@]1(O)[C@@](O)(C(C)=O)CS[C@H](Oc2ccc(I)nc2F)[C@@]1(O)C(C)=O. The molecule has 0 radical (unpaired) electrons. The number of rotatable bonds is 5. The molecule has 0 unspecified atom stereocenters. The summed E-state index contributed by atoms with van der Waals surface area (Å²) < 4.78 is 19.7. The second-order valence-electron chi connectivity index (χ2n) is 6.19. The van der Waals surface area contributed by atoms with Crippen LogP contribution >= 0.6 is 34.4 Å². The molecule has 3 N–H and O–H groups in total. The van der Waals surface area contributed by atoms with Crippen LogP contribution in [-0.2, 0) is 14.4 Å². The third kappa shape index (κ3) is 3.18. The lowest BCUT2D eigenvalue weighted by atomic mass is 9.65. The van der Waals surface area contributed by atoms with E-state index in [9.17, 15) is 34.1 Å². The molecule has 11 heteroatoms. The van der Waals surface area contributed by atoms with E-state index in [2.05, 4.69) is 4.98 Å². The number of Topliss-reactive ketones (excluding diaryl/α,β-unsaturated/α-hetero) is 3. The Morgan fingerprint density at radius 2 is 1.78 bits per heavy atom. The minimum atomic E-state index is -3.19. The van der Waals surface area contributed by atoms with Gasteiger partial charge in [-0.1, -0.05) is 0 Å². The second-order valence-corrected chi connectivity index (χ2v) is 8.34. The van der Waals surface area contributed by atoms with Crippen molar-refractivity contribution in [2.45, 2.75) is 43.0 Å². The summed E-state index contributed by atoms with van der Waals surface area (Å²) in [5.41, 5.74) is -10.7. The number of hydrogen-bond acceptors (Lipinski definition) is 9. The Bertz CT molecular complexity index is 824. The molecule has 0 saturated carbocycles. The summed E-state index contributed by atoms with van der Waals surface area (Å²) in [6.07, 6.45) is 0. The van der Waals surface area contributed by atoms with Gasteiger partial charge in [0, 0.05) is 5.75 Å². The molecule has 1 aliphatic rings. The Morgan fingerprint density at radius 3 is 2.22 bits per heavy atom. The summed E-state index contributed by atoms with van der Waals surface area (Å²) in [5.74, 6) is -5.42. The van der Waals surface area contributed by atoms with Gasteiger partial charge in [0.2, 0.25) is 5.60 Å². The Hall–Kier alpha value is -1.15. The van der Waals surface area contributed by atoms with Crippen molar-refractivity contribution < 1.29 is 38.8 Å². The zero-order valence-corrected chi connectivity index (χ0v) is 17.5. The first kappa shape index (κ1) is 22.1. The maximum atomic E-state index is 14.0. The number of thioether (sulfide) groups is 1. The highest BCUT2D eigenvalue weighted by Crippen LogP contribution is 2.49. The Balaban J connectivity index is 2.63. The van der Waals surface area contributed by atoms with Crippen LogP contribution in [0.1, 0.15) is 20.8 Å². The number of ether oxygens (including phenoxy) is 1. The molecule has 2 rings (SSSR count). The lowest BCUT2D eigenvalue weighted by molar-refractivity contribution is -0.236. The molecule has 0 aliphatic carbocycles. The summed E-state index contributed by atoms with van der Waals surface area (Å²) in [5, 5.41) is 32.8. The van der Waals surface area contributed by atoms with Crippen molar-refractivity contribution in [3.05, 3.63) is 21.8 Å². The summed E-state index contributed by atoms with van der Waals surface area (Å²) in [6.45, 7) is 2.60. The lowest BCUT2D eigenvalue weighted by Crippen LogP contribution is -2.82. The molecule has 1 saturated heterocycles. The summed E-state index contributed by atoms with van der Waals surface area (Å²) in [6, 6.07) is 2.60. The van der Waals surface area contributed by atoms with Gasteiger partial charge in [-0.15, -0.1) is 11.8 Å². The van der Waals surface area contributed by atoms with Crippen molar-refractivity contribution in [3.63, 3.8) is 0 Å². The predicted molar refractivity (Wildman–Crippen MR) is 101 cm³/mol. The average molecular weight is 513 g/mol. The van der Waals surface area contributed by atoms with Crippen molar-refractivity contribution in [2.24, 2.45) is 0 Å². The highest BCUT2D eigenvalue weighted by Gasteiger charge is 2.75. The van der Waals surface area contributed by atoms with Crippen LogP contribution in [0, 0.1) is 9.65 Å². The molecule has 0 bridgehead atoms. The fraction of sp³-hybridized carbons (Fsp3) is 0.500. The van der Waals surface area contributed by atoms with Crippen LogP contribution in [0.25, 0.3) is 0 Å². The van der Waals surface area contributed by atoms with E-state index in [-0.39, 0.29) is 0 Å². The van der Waals surface area contributed by atoms with E-state index in [1.807, 2.05) is 0 Å². The largest absolute Gasteiger partial charge is 0.471 e. The topological polar surface area (TPSA) is 134 Å². The molecule has 8 nitrogen and oxygen atoms in total. The standard InChI is InChI=1S/C16H17FINO7S/c1-7(20)14(23)6-27-13(26-10-4-5-11(18)19-12(10)17)15(24,8(2)21)16(14,25)9(3)22/h4-5,13,23-25H,6H2,1-3H3/t13-,14-,15-,16-/m0/s1. The first-order valence-corrected chi connectivity index (χ1v) is 9.75. The van der Waals surface area contributed by atoms with E-state index in [4.69, 9.17) is 4.74 Å². The zero-order chi connectivity index (χ0) is 20.8. The van der Waals surface area contributed by atoms with E-state index < -0.39 is 57.0 Å². The quantitative estimate of drug-likeness (QED) is 0.374. The van der Waals surface area contributed by atoms with Crippen LogP contribution < -0.4 is 4.74 Å². The van der Waals surface area contributed by atoms with Crippen molar-refractivity contribution in [1.29, 1.82) is 0 Å². The second kappa shape index (κ2) is 7.35. The maximum absolute atomic E-state index is 14.0. The number of halogens is 2. The Morgan fingerprint density at radius 1 is 1.19 bits per heavy atom. The molecular formula is C16H17FINO7S. The third-order valence-corrected chi connectivity index (χ3v) is 6.50. The molecule has 0 amide bonds. The number of aliphatic hydroxyl groups is 3. The van der Waals surface area contributed by atoms with E-state index in [1.54, 1.807) is 22.6 Å². The molecular weight excluding hydrogens is 496 g/mol. The minimum Gasteiger partial charge on any atom is -0.471 e. The van der Waals surface area contributed by atoms with Gasteiger partial charge in [0.15, 0.2) is 39.7 Å². The molecule has 4 atom stereocenters. The molecule has 1 aromatic rings. The monoisotopic (exact) mass is 513 g/mol. The number of ketones is 3. The van der Waals surface area contributed by atoms with Gasteiger partial charge in [0.25, 0.3) is 5.95 Å². The van der Waals surface area contributed by atoms with Gasteiger partial charge in [0.1, 0.15) is 3.70 Å². The first-order valence-electron chi connectivity index (χ1n) is 7.63. The Labute approximate surface area is 171 Å². The van der Waals surface area contributed by atoms with Gasteiger partial charge in [-0.05, 0) is 55.5 Å². The highest BCUT2D eigenvalue weighted by molar-refractivity contribution is 14.1. The first-order chi connectivity index (χ1) is 12.3. The van der Waals surface area contributed by atoms with Crippen LogP contribution in [-0.4, -0.2) is 65.6 Å². The van der Waals surface area contributed by atoms with E-state index in [1.165, 1.54) is 12.1 Å². The normalized spacial score (nSPS) is 33.4. The number of carbonyl (C=O) groups is 3. The molecule has 27 heavy (non-hydrogen) atoms. The van der Waals surface area contributed by atoms with Crippen molar-refractivity contribution in [1.82, 2.24) is 4.98 Å². The van der Waals surface area contributed by atoms with Crippen LogP contribution in [0.4, 0.5) is 4.39 Å². The van der Waals surface area contributed by atoms with E-state index in [0.717, 1.165) is 20.8 Å². The fourth-order valence-corrected chi connectivity index (χ4v) is 4.91. The molecule has 1 fully saturated rings. The molecule has 0 spiro atoms. The predicted octanol–water partition coefficient (Wildman–Crippen LogP) is 0.237. The highest BCUT2D eigenvalue weighted by atomic mass is 127. The summed E-state index contributed by atoms with van der Waals surface area (Å²) >= 11 is 2.35. The van der Waals surface area contributed by atoms with Gasteiger partial charge in [-0.25, -0.2) is 4.98 Å². The third-order valence-electron chi connectivity index (χ3n) is 4.58. The molecule has 2 heterocycles. The van der Waals surface area contributed by atoms with E-state index >= 15 is 0 Å². The minimum absolute atomic E-state index is 0.321. The summed E-state index contributed by atoms with van der Waals surface area (Å²) in [4.78, 5) is 40.1. The van der Waals surface area contributed by atoms with Gasteiger partial charge < -0.3 is 20.1 Å². The van der Waals surface area contributed by atoms with Crippen LogP contribution in [0.3, 0.4) is 0 Å². The maximum Gasteiger partial charge on any atom is 0.256 e. The van der Waals surface area contributed by atoms with Crippen molar-refractivity contribution in [2.75, 3.05) is 5.75 Å². The van der Waals surface area contributed by atoms with Gasteiger partial charge in [-0.2, -0.15) is 4.39 Å². The van der Waals surface area contributed by atoms with Gasteiger partial charge in [0.05, 0.1) is 0 Å².